The normalized spacial score (nSPS) is 25.2. The van der Waals surface area contributed by atoms with E-state index in [9.17, 15) is 0 Å². The highest BCUT2D eigenvalue weighted by atomic mass is 15.2. The number of hydrogen-bond donors (Lipinski definition) is 1. The molecule has 1 N–H and O–H groups in total. The molecule has 2 atom stereocenters. The molecule has 2 heteroatoms. The second kappa shape index (κ2) is 5.10. The van der Waals surface area contributed by atoms with Gasteiger partial charge in [-0.15, -0.1) is 0 Å². The minimum absolute atomic E-state index is 0.711. The molecule has 3 aliphatic heterocycles. The highest BCUT2D eigenvalue weighted by Gasteiger charge is 2.38. The Hall–Kier alpha value is -1.80. The van der Waals surface area contributed by atoms with Gasteiger partial charge in [-0.1, -0.05) is 29.8 Å². The second-order valence-electron chi connectivity index (χ2n) is 7.52. The van der Waals surface area contributed by atoms with Gasteiger partial charge in [0.15, 0.2) is 0 Å². The van der Waals surface area contributed by atoms with Crippen molar-refractivity contribution in [2.75, 3.05) is 31.1 Å². The van der Waals surface area contributed by atoms with E-state index >= 15 is 0 Å². The minimum Gasteiger partial charge on any atom is -0.371 e. The van der Waals surface area contributed by atoms with Crippen molar-refractivity contribution >= 4 is 5.69 Å². The minimum atomic E-state index is 0.711. The van der Waals surface area contributed by atoms with E-state index in [1.807, 2.05) is 0 Å². The van der Waals surface area contributed by atoms with E-state index in [-0.39, 0.29) is 0 Å². The first kappa shape index (κ1) is 13.6. The van der Waals surface area contributed by atoms with E-state index < -0.39 is 0 Å². The van der Waals surface area contributed by atoms with E-state index in [4.69, 9.17) is 0 Å². The molecule has 0 bridgehead atoms. The lowest BCUT2D eigenvalue weighted by Crippen LogP contribution is -2.40. The number of aryl methyl sites for hydroxylation is 2. The van der Waals surface area contributed by atoms with Crippen LogP contribution in [-0.2, 0) is 6.42 Å². The molecule has 118 valence electrons. The van der Waals surface area contributed by atoms with Gasteiger partial charge in [-0.2, -0.15) is 0 Å². The van der Waals surface area contributed by atoms with Crippen molar-refractivity contribution in [3.63, 3.8) is 0 Å². The Kier molecular flexibility index (Phi) is 3.02. The summed E-state index contributed by atoms with van der Waals surface area (Å²) in [7, 11) is 0. The largest absolute Gasteiger partial charge is 0.371 e. The molecule has 0 unspecified atom stereocenters. The molecule has 0 aliphatic carbocycles. The van der Waals surface area contributed by atoms with Crippen molar-refractivity contribution in [1.82, 2.24) is 5.32 Å². The zero-order valence-electron chi connectivity index (χ0n) is 13.8. The maximum atomic E-state index is 3.63. The third kappa shape index (κ3) is 2.12. The quantitative estimate of drug-likeness (QED) is 0.863. The van der Waals surface area contributed by atoms with Crippen LogP contribution < -0.4 is 10.2 Å². The molecular formula is C21H24N2. The Morgan fingerprint density at radius 3 is 2.96 bits per heavy atom. The summed E-state index contributed by atoms with van der Waals surface area (Å²) < 4.78 is 0. The number of rotatable bonds is 1. The molecule has 2 aromatic carbocycles. The fraction of sp³-hybridized carbons (Fsp3) is 0.429. The van der Waals surface area contributed by atoms with Crippen LogP contribution in [0.4, 0.5) is 5.69 Å². The Morgan fingerprint density at radius 2 is 2.04 bits per heavy atom. The van der Waals surface area contributed by atoms with Crippen molar-refractivity contribution < 1.29 is 0 Å². The monoisotopic (exact) mass is 304 g/mol. The Morgan fingerprint density at radius 1 is 1.09 bits per heavy atom. The van der Waals surface area contributed by atoms with Crippen molar-refractivity contribution in [2.45, 2.75) is 25.7 Å². The zero-order chi connectivity index (χ0) is 15.4. The topological polar surface area (TPSA) is 15.3 Å². The molecule has 23 heavy (non-hydrogen) atoms. The molecule has 5 rings (SSSR count). The fourth-order valence-corrected chi connectivity index (χ4v) is 4.90. The van der Waals surface area contributed by atoms with Crippen molar-refractivity contribution in [2.24, 2.45) is 5.92 Å². The van der Waals surface area contributed by atoms with Gasteiger partial charge in [0.05, 0.1) is 0 Å². The Labute approximate surface area is 138 Å². The van der Waals surface area contributed by atoms with Gasteiger partial charge >= 0.3 is 0 Å². The second-order valence-corrected chi connectivity index (χ2v) is 7.52. The average Bonchev–Trinajstić information content (AvgIpc) is 3.03. The first-order chi connectivity index (χ1) is 11.3. The molecule has 0 radical (unpaired) electrons. The molecule has 0 saturated carbocycles. The van der Waals surface area contributed by atoms with Crippen LogP contribution >= 0.6 is 0 Å². The van der Waals surface area contributed by atoms with E-state index in [1.165, 1.54) is 49.2 Å². The molecular weight excluding hydrogens is 280 g/mol. The van der Waals surface area contributed by atoms with Crippen LogP contribution in [-0.4, -0.2) is 26.2 Å². The molecule has 1 saturated heterocycles. The molecule has 2 nitrogen and oxygen atoms in total. The molecule has 3 heterocycles. The van der Waals surface area contributed by atoms with E-state index in [2.05, 4.69) is 53.5 Å². The SMILES string of the molecule is Cc1cccc(-c2cc3c4c(c2)[C@@H]2CNC[C@@H]2CN4CCC3)c1. The van der Waals surface area contributed by atoms with Gasteiger partial charge in [-0.3, -0.25) is 0 Å². The maximum Gasteiger partial charge on any atom is 0.0435 e. The van der Waals surface area contributed by atoms with Crippen LogP contribution in [0.5, 0.6) is 0 Å². The summed E-state index contributed by atoms with van der Waals surface area (Å²) in [4.78, 5) is 2.67. The lowest BCUT2D eigenvalue weighted by molar-refractivity contribution is 0.470. The molecule has 0 spiro atoms. The number of anilines is 1. The smallest absolute Gasteiger partial charge is 0.0435 e. The van der Waals surface area contributed by atoms with Crippen LogP contribution in [0, 0.1) is 12.8 Å². The predicted octanol–water partition coefficient (Wildman–Crippen LogP) is 3.73. The third-order valence-corrected chi connectivity index (χ3v) is 5.95. The number of hydrogen-bond acceptors (Lipinski definition) is 2. The van der Waals surface area contributed by atoms with Gasteiger partial charge in [0.1, 0.15) is 0 Å². The van der Waals surface area contributed by atoms with Crippen LogP contribution in [0.1, 0.15) is 29.0 Å². The third-order valence-electron chi connectivity index (χ3n) is 5.95. The van der Waals surface area contributed by atoms with E-state index in [0.29, 0.717) is 5.92 Å². The van der Waals surface area contributed by atoms with Gasteiger partial charge in [0.2, 0.25) is 0 Å². The first-order valence-corrected chi connectivity index (χ1v) is 8.99. The summed E-state index contributed by atoms with van der Waals surface area (Å²) >= 11 is 0. The lowest BCUT2D eigenvalue weighted by Gasteiger charge is -2.42. The van der Waals surface area contributed by atoms with Crippen molar-refractivity contribution in [3.05, 3.63) is 53.1 Å². The van der Waals surface area contributed by atoms with Crippen molar-refractivity contribution in [3.8, 4) is 11.1 Å². The van der Waals surface area contributed by atoms with E-state index in [0.717, 1.165) is 12.5 Å². The standard InChI is InChI=1S/C21H24N2/c1-14-4-2-5-15(8-14)17-9-16-6-3-7-23-13-18-11-22-12-20(18)19(10-17)21(16)23/h2,4-5,8-10,18,20,22H,3,6-7,11-13H2,1H3/t18-,20-/m1/s1. The number of fused-ring (bicyclic) bond motifs is 2. The van der Waals surface area contributed by atoms with Gasteiger partial charge in [0.25, 0.3) is 0 Å². The first-order valence-electron chi connectivity index (χ1n) is 8.99. The maximum absolute atomic E-state index is 3.63. The summed E-state index contributed by atoms with van der Waals surface area (Å²) in [5.41, 5.74) is 8.90. The van der Waals surface area contributed by atoms with Crippen LogP contribution in [0.2, 0.25) is 0 Å². The van der Waals surface area contributed by atoms with Gasteiger partial charge in [0, 0.05) is 37.8 Å². The number of benzene rings is 2. The summed E-state index contributed by atoms with van der Waals surface area (Å²) in [6.07, 6.45) is 2.54. The number of nitrogens with one attached hydrogen (secondary N) is 1. The summed E-state index contributed by atoms with van der Waals surface area (Å²) in [5.74, 6) is 1.50. The lowest BCUT2D eigenvalue weighted by atomic mass is 9.79. The average molecular weight is 304 g/mol. The summed E-state index contributed by atoms with van der Waals surface area (Å²) in [6.45, 7) is 7.02. The van der Waals surface area contributed by atoms with Crippen molar-refractivity contribution in [1.29, 1.82) is 0 Å². The molecule has 3 aliphatic rings. The highest BCUT2D eigenvalue weighted by molar-refractivity contribution is 5.75. The Balaban J connectivity index is 1.70. The van der Waals surface area contributed by atoms with E-state index in [1.54, 1.807) is 16.8 Å². The van der Waals surface area contributed by atoms with Crippen LogP contribution in [0.25, 0.3) is 11.1 Å². The van der Waals surface area contributed by atoms with Gasteiger partial charge < -0.3 is 10.2 Å². The highest BCUT2D eigenvalue weighted by Crippen LogP contribution is 2.46. The van der Waals surface area contributed by atoms with Crippen LogP contribution in [0.15, 0.2) is 36.4 Å². The fourth-order valence-electron chi connectivity index (χ4n) is 4.90. The summed E-state index contributed by atoms with van der Waals surface area (Å²) in [6, 6.07) is 13.9. The molecule has 0 amide bonds. The Bertz CT molecular complexity index is 764. The molecule has 0 aromatic heterocycles. The van der Waals surface area contributed by atoms with Crippen LogP contribution in [0.3, 0.4) is 0 Å². The van der Waals surface area contributed by atoms with Gasteiger partial charge in [-0.05, 0) is 60.1 Å². The van der Waals surface area contributed by atoms with Gasteiger partial charge in [-0.25, -0.2) is 0 Å². The summed E-state index contributed by atoms with van der Waals surface area (Å²) in [5, 5.41) is 3.63. The number of nitrogens with zero attached hydrogens (tertiary/aromatic N) is 1. The predicted molar refractivity (Wildman–Crippen MR) is 96.2 cm³/mol. The molecule has 2 aromatic rings. The molecule has 1 fully saturated rings. The zero-order valence-corrected chi connectivity index (χ0v) is 13.8.